The van der Waals surface area contributed by atoms with Gasteiger partial charge in [0.05, 0.1) is 6.10 Å². The standard InChI is InChI=1S/C7H14OS/c1-4-6(8)7(5-2)9-3/h5-8H,2,4H2,1,3H3. The first-order valence-corrected chi connectivity index (χ1v) is 4.38. The van der Waals surface area contributed by atoms with E-state index in [0.29, 0.717) is 0 Å². The SMILES string of the molecule is C=CC(SC)C(O)CC. The number of hydrogen-bond acceptors (Lipinski definition) is 2. The minimum absolute atomic E-state index is 0.204. The molecule has 1 N–H and O–H groups in total. The summed E-state index contributed by atoms with van der Waals surface area (Å²) in [5.41, 5.74) is 0. The summed E-state index contributed by atoms with van der Waals surface area (Å²) in [5.74, 6) is 0. The van der Waals surface area contributed by atoms with E-state index in [-0.39, 0.29) is 11.4 Å². The van der Waals surface area contributed by atoms with Gasteiger partial charge in [0.2, 0.25) is 0 Å². The molecule has 0 aromatic carbocycles. The number of thioether (sulfide) groups is 1. The maximum Gasteiger partial charge on any atom is 0.0690 e. The van der Waals surface area contributed by atoms with Crippen LogP contribution in [0.1, 0.15) is 13.3 Å². The van der Waals surface area contributed by atoms with Gasteiger partial charge >= 0.3 is 0 Å². The fraction of sp³-hybridized carbons (Fsp3) is 0.714. The molecule has 0 aromatic heterocycles. The molecule has 0 heterocycles. The summed E-state index contributed by atoms with van der Waals surface area (Å²) < 4.78 is 0. The van der Waals surface area contributed by atoms with E-state index < -0.39 is 0 Å². The van der Waals surface area contributed by atoms with E-state index in [1.807, 2.05) is 13.2 Å². The van der Waals surface area contributed by atoms with Crippen molar-refractivity contribution in [2.24, 2.45) is 0 Å². The van der Waals surface area contributed by atoms with Crippen LogP contribution in [-0.2, 0) is 0 Å². The Morgan fingerprint density at radius 3 is 2.44 bits per heavy atom. The van der Waals surface area contributed by atoms with Crippen LogP contribution in [0.3, 0.4) is 0 Å². The zero-order valence-electron chi connectivity index (χ0n) is 6.00. The largest absolute Gasteiger partial charge is 0.392 e. The Kier molecular flexibility index (Phi) is 4.91. The highest BCUT2D eigenvalue weighted by atomic mass is 32.2. The third-order valence-corrected chi connectivity index (χ3v) is 2.35. The summed E-state index contributed by atoms with van der Waals surface area (Å²) in [7, 11) is 0. The van der Waals surface area contributed by atoms with Crippen LogP contribution >= 0.6 is 11.8 Å². The predicted molar refractivity (Wildman–Crippen MR) is 43.8 cm³/mol. The summed E-state index contributed by atoms with van der Waals surface area (Å²) in [6.45, 7) is 5.59. The molecule has 0 rings (SSSR count). The zero-order valence-corrected chi connectivity index (χ0v) is 6.82. The second-order valence-electron chi connectivity index (χ2n) is 1.91. The zero-order chi connectivity index (χ0) is 7.28. The van der Waals surface area contributed by atoms with Crippen molar-refractivity contribution in [1.82, 2.24) is 0 Å². The van der Waals surface area contributed by atoms with Gasteiger partial charge in [-0.2, -0.15) is 11.8 Å². The Hall–Kier alpha value is 0.0500. The second kappa shape index (κ2) is 4.89. The topological polar surface area (TPSA) is 20.2 Å². The monoisotopic (exact) mass is 146 g/mol. The number of hydrogen-bond donors (Lipinski definition) is 1. The first kappa shape index (κ1) is 9.05. The average molecular weight is 146 g/mol. The van der Waals surface area contributed by atoms with Crippen molar-refractivity contribution in [3.8, 4) is 0 Å². The van der Waals surface area contributed by atoms with E-state index in [1.165, 1.54) is 0 Å². The molecule has 0 saturated heterocycles. The predicted octanol–water partition coefficient (Wildman–Crippen LogP) is 1.67. The fourth-order valence-electron chi connectivity index (χ4n) is 0.643. The molecular formula is C7H14OS. The molecular weight excluding hydrogens is 132 g/mol. The Bertz CT molecular complexity index is 83.0. The van der Waals surface area contributed by atoms with Gasteiger partial charge in [0, 0.05) is 5.25 Å². The third kappa shape index (κ3) is 2.92. The van der Waals surface area contributed by atoms with E-state index in [2.05, 4.69) is 6.58 Å². The molecule has 0 fully saturated rings. The van der Waals surface area contributed by atoms with E-state index in [4.69, 9.17) is 0 Å². The minimum Gasteiger partial charge on any atom is -0.392 e. The van der Waals surface area contributed by atoms with E-state index >= 15 is 0 Å². The molecule has 0 aliphatic heterocycles. The van der Waals surface area contributed by atoms with Crippen molar-refractivity contribution in [3.05, 3.63) is 12.7 Å². The average Bonchev–Trinajstić information content (AvgIpc) is 1.90. The maximum absolute atomic E-state index is 9.23. The molecule has 9 heavy (non-hydrogen) atoms. The Labute approximate surface area is 61.2 Å². The molecule has 0 bridgehead atoms. The van der Waals surface area contributed by atoms with Gasteiger partial charge in [0.25, 0.3) is 0 Å². The quantitative estimate of drug-likeness (QED) is 0.609. The van der Waals surface area contributed by atoms with Gasteiger partial charge in [0.1, 0.15) is 0 Å². The molecule has 0 radical (unpaired) electrons. The Balaban J connectivity index is 3.63. The molecule has 2 heteroatoms. The highest BCUT2D eigenvalue weighted by Gasteiger charge is 2.10. The van der Waals surface area contributed by atoms with Gasteiger partial charge in [-0.3, -0.25) is 0 Å². The van der Waals surface area contributed by atoms with Crippen molar-refractivity contribution in [1.29, 1.82) is 0 Å². The molecule has 0 spiro atoms. The first-order valence-electron chi connectivity index (χ1n) is 3.09. The van der Waals surface area contributed by atoms with Crippen LogP contribution in [0.5, 0.6) is 0 Å². The van der Waals surface area contributed by atoms with E-state index in [1.54, 1.807) is 17.8 Å². The van der Waals surface area contributed by atoms with Crippen LogP contribution in [0.15, 0.2) is 12.7 Å². The molecule has 2 atom stereocenters. The molecule has 2 unspecified atom stereocenters. The summed E-state index contributed by atoms with van der Waals surface area (Å²) in [4.78, 5) is 0. The van der Waals surface area contributed by atoms with Crippen LogP contribution in [0.25, 0.3) is 0 Å². The highest BCUT2D eigenvalue weighted by Crippen LogP contribution is 2.13. The van der Waals surface area contributed by atoms with Crippen LogP contribution in [0.4, 0.5) is 0 Å². The van der Waals surface area contributed by atoms with Crippen molar-refractivity contribution >= 4 is 11.8 Å². The minimum atomic E-state index is -0.225. The maximum atomic E-state index is 9.23. The highest BCUT2D eigenvalue weighted by molar-refractivity contribution is 7.99. The molecule has 0 amide bonds. The van der Waals surface area contributed by atoms with Crippen LogP contribution in [0.2, 0.25) is 0 Å². The molecule has 1 nitrogen and oxygen atoms in total. The number of rotatable bonds is 4. The molecule has 0 saturated carbocycles. The van der Waals surface area contributed by atoms with Crippen molar-refractivity contribution in [3.63, 3.8) is 0 Å². The Morgan fingerprint density at radius 1 is 1.78 bits per heavy atom. The second-order valence-corrected chi connectivity index (χ2v) is 2.93. The lowest BCUT2D eigenvalue weighted by Gasteiger charge is -2.14. The lowest BCUT2D eigenvalue weighted by molar-refractivity contribution is 0.179. The van der Waals surface area contributed by atoms with Gasteiger partial charge in [-0.25, -0.2) is 0 Å². The fourth-order valence-corrected chi connectivity index (χ4v) is 1.34. The molecule has 0 aromatic rings. The van der Waals surface area contributed by atoms with Crippen LogP contribution in [-0.4, -0.2) is 22.7 Å². The lowest BCUT2D eigenvalue weighted by Crippen LogP contribution is -2.18. The normalized spacial score (nSPS) is 16.8. The molecule has 0 aliphatic rings. The van der Waals surface area contributed by atoms with Gasteiger partial charge in [-0.15, -0.1) is 6.58 Å². The van der Waals surface area contributed by atoms with Gasteiger partial charge in [0.15, 0.2) is 0 Å². The number of aliphatic hydroxyl groups is 1. The summed E-state index contributed by atoms with van der Waals surface area (Å²) >= 11 is 1.63. The van der Waals surface area contributed by atoms with Gasteiger partial charge in [-0.1, -0.05) is 13.0 Å². The van der Waals surface area contributed by atoms with Gasteiger partial charge in [-0.05, 0) is 12.7 Å². The summed E-state index contributed by atoms with van der Waals surface area (Å²) in [5, 5.41) is 9.43. The third-order valence-electron chi connectivity index (χ3n) is 1.30. The van der Waals surface area contributed by atoms with Crippen LogP contribution < -0.4 is 0 Å². The first-order chi connectivity index (χ1) is 4.26. The van der Waals surface area contributed by atoms with Crippen molar-refractivity contribution in [2.75, 3.05) is 6.26 Å². The number of aliphatic hydroxyl groups excluding tert-OH is 1. The van der Waals surface area contributed by atoms with Crippen molar-refractivity contribution in [2.45, 2.75) is 24.7 Å². The summed E-state index contributed by atoms with van der Waals surface area (Å²) in [6.07, 6.45) is 4.35. The summed E-state index contributed by atoms with van der Waals surface area (Å²) in [6, 6.07) is 0. The Morgan fingerprint density at radius 2 is 2.33 bits per heavy atom. The van der Waals surface area contributed by atoms with Crippen molar-refractivity contribution < 1.29 is 5.11 Å². The smallest absolute Gasteiger partial charge is 0.0690 e. The van der Waals surface area contributed by atoms with Gasteiger partial charge < -0.3 is 5.11 Å². The van der Waals surface area contributed by atoms with Crippen LogP contribution in [0, 0.1) is 0 Å². The van der Waals surface area contributed by atoms with E-state index in [0.717, 1.165) is 6.42 Å². The lowest BCUT2D eigenvalue weighted by atomic mass is 10.2. The molecule has 0 aliphatic carbocycles. The van der Waals surface area contributed by atoms with E-state index in [9.17, 15) is 5.11 Å². The molecule has 54 valence electrons.